The van der Waals surface area contributed by atoms with Gasteiger partial charge in [-0.1, -0.05) is 48.5 Å². The molecular weight excluding hydrogens is 406 g/mol. The van der Waals surface area contributed by atoms with Crippen LogP contribution in [0.2, 0.25) is 0 Å². The number of rotatable bonds is 5. The van der Waals surface area contributed by atoms with Gasteiger partial charge in [0.1, 0.15) is 11.6 Å². The summed E-state index contributed by atoms with van der Waals surface area (Å²) < 4.78 is 5.42. The maximum absolute atomic E-state index is 13.0. The van der Waals surface area contributed by atoms with E-state index in [9.17, 15) is 14.4 Å². The monoisotopic (exact) mass is 437 g/mol. The molecule has 7 heteroatoms. The number of benzene rings is 2. The van der Waals surface area contributed by atoms with Crippen LogP contribution in [0.15, 0.2) is 60.7 Å². The minimum absolute atomic E-state index is 0.189. The summed E-state index contributed by atoms with van der Waals surface area (Å²) in [4.78, 5) is 39.9. The molecule has 0 saturated carbocycles. The highest BCUT2D eigenvalue weighted by atomic mass is 16.6. The lowest BCUT2D eigenvalue weighted by Crippen LogP contribution is -2.46. The van der Waals surface area contributed by atoms with Crippen LogP contribution < -0.4 is 10.6 Å². The number of carbonyl (C=O) groups excluding carboxylic acids is 3. The summed E-state index contributed by atoms with van der Waals surface area (Å²) in [6, 6.07) is 17.5. The average Bonchev–Trinajstić information content (AvgIpc) is 2.77. The van der Waals surface area contributed by atoms with E-state index in [1.54, 1.807) is 17.0 Å². The summed E-state index contributed by atoms with van der Waals surface area (Å²) in [5.41, 5.74) is 0.819. The van der Waals surface area contributed by atoms with Crippen LogP contribution in [0, 0.1) is 5.92 Å². The number of hydrogen-bond acceptors (Lipinski definition) is 4. The van der Waals surface area contributed by atoms with Crippen LogP contribution in [0.1, 0.15) is 45.2 Å². The molecule has 2 N–H and O–H groups in total. The lowest BCUT2D eigenvalue weighted by molar-refractivity contribution is -0.130. The van der Waals surface area contributed by atoms with E-state index in [-0.39, 0.29) is 23.8 Å². The molecule has 1 unspecified atom stereocenters. The fourth-order valence-electron chi connectivity index (χ4n) is 3.59. The number of ether oxygens (including phenoxy) is 1. The fraction of sp³-hybridized carbons (Fsp3) is 0.400. The minimum Gasteiger partial charge on any atom is -0.444 e. The Balaban J connectivity index is 1.63. The van der Waals surface area contributed by atoms with Gasteiger partial charge in [0.2, 0.25) is 5.91 Å². The molecule has 1 aliphatic heterocycles. The van der Waals surface area contributed by atoms with Crippen molar-refractivity contribution in [3.8, 4) is 0 Å². The lowest BCUT2D eigenvalue weighted by Gasteiger charge is -2.33. The molecular formula is C25H31N3O4. The van der Waals surface area contributed by atoms with Gasteiger partial charge in [-0.25, -0.2) is 4.79 Å². The molecule has 2 aromatic rings. The van der Waals surface area contributed by atoms with Gasteiger partial charge >= 0.3 is 6.09 Å². The summed E-state index contributed by atoms with van der Waals surface area (Å²) in [6.07, 6.45) is 0.681. The van der Waals surface area contributed by atoms with Crippen molar-refractivity contribution in [1.82, 2.24) is 10.2 Å². The lowest BCUT2D eigenvalue weighted by atomic mass is 9.95. The van der Waals surface area contributed by atoms with Crippen molar-refractivity contribution >= 4 is 23.6 Å². The van der Waals surface area contributed by atoms with Gasteiger partial charge in [0.25, 0.3) is 5.91 Å². The van der Waals surface area contributed by atoms with Crippen LogP contribution >= 0.6 is 0 Å². The van der Waals surface area contributed by atoms with Crippen molar-refractivity contribution in [1.29, 1.82) is 0 Å². The van der Waals surface area contributed by atoms with Crippen molar-refractivity contribution in [3.05, 3.63) is 66.2 Å². The van der Waals surface area contributed by atoms with Crippen LogP contribution in [-0.2, 0) is 14.3 Å². The molecule has 7 nitrogen and oxygen atoms in total. The molecule has 0 radical (unpaired) electrons. The summed E-state index contributed by atoms with van der Waals surface area (Å²) in [5.74, 6) is -0.766. The van der Waals surface area contributed by atoms with Gasteiger partial charge in [-0.15, -0.1) is 0 Å². The minimum atomic E-state index is -0.812. The van der Waals surface area contributed by atoms with E-state index < -0.39 is 11.6 Å². The molecule has 0 spiro atoms. The third kappa shape index (κ3) is 6.57. The van der Waals surface area contributed by atoms with Crippen LogP contribution in [0.25, 0.3) is 0 Å². The molecule has 3 rings (SSSR count). The fourth-order valence-corrected chi connectivity index (χ4v) is 3.59. The Morgan fingerprint density at radius 3 is 2.06 bits per heavy atom. The first-order valence-electron chi connectivity index (χ1n) is 10.9. The molecule has 1 saturated heterocycles. The number of para-hydroxylation sites is 1. The third-order valence-electron chi connectivity index (χ3n) is 5.24. The van der Waals surface area contributed by atoms with E-state index in [2.05, 4.69) is 10.6 Å². The smallest absolute Gasteiger partial charge is 0.410 e. The molecule has 0 aliphatic carbocycles. The highest BCUT2D eigenvalue weighted by molar-refractivity contribution is 5.98. The van der Waals surface area contributed by atoms with Crippen molar-refractivity contribution in [2.45, 2.75) is 45.3 Å². The van der Waals surface area contributed by atoms with Gasteiger partial charge in [0.05, 0.1) is 0 Å². The number of hydrogen-bond donors (Lipinski definition) is 2. The maximum Gasteiger partial charge on any atom is 0.410 e. The number of likely N-dealkylation sites (tertiary alicyclic amines) is 1. The highest BCUT2D eigenvalue weighted by Gasteiger charge is 2.32. The Morgan fingerprint density at radius 2 is 1.50 bits per heavy atom. The number of nitrogens with zero attached hydrogens (tertiary/aromatic N) is 1. The van der Waals surface area contributed by atoms with E-state index in [0.717, 1.165) is 0 Å². The molecule has 32 heavy (non-hydrogen) atoms. The molecule has 170 valence electrons. The maximum atomic E-state index is 13.0. The van der Waals surface area contributed by atoms with E-state index in [1.807, 2.05) is 69.3 Å². The Labute approximate surface area is 189 Å². The van der Waals surface area contributed by atoms with Gasteiger partial charge in [-0.3, -0.25) is 9.59 Å². The largest absolute Gasteiger partial charge is 0.444 e. The van der Waals surface area contributed by atoms with Crippen LogP contribution in [-0.4, -0.2) is 41.5 Å². The van der Waals surface area contributed by atoms with E-state index in [0.29, 0.717) is 37.2 Å². The number of amides is 3. The number of carbonyl (C=O) groups is 3. The Morgan fingerprint density at radius 1 is 0.938 bits per heavy atom. The van der Waals surface area contributed by atoms with E-state index in [4.69, 9.17) is 4.74 Å². The molecule has 2 aromatic carbocycles. The third-order valence-corrected chi connectivity index (χ3v) is 5.24. The number of nitrogens with one attached hydrogen (secondary N) is 2. The molecule has 1 heterocycles. The van der Waals surface area contributed by atoms with Gasteiger partial charge in [0.15, 0.2) is 0 Å². The molecule has 1 aliphatic rings. The first kappa shape index (κ1) is 23.3. The summed E-state index contributed by atoms with van der Waals surface area (Å²) in [7, 11) is 0. The number of piperidine rings is 1. The van der Waals surface area contributed by atoms with Gasteiger partial charge < -0.3 is 20.3 Å². The second kappa shape index (κ2) is 10.3. The molecule has 0 aromatic heterocycles. The topological polar surface area (TPSA) is 87.7 Å². The summed E-state index contributed by atoms with van der Waals surface area (Å²) >= 11 is 0. The Kier molecular flexibility index (Phi) is 7.51. The predicted molar refractivity (Wildman–Crippen MR) is 123 cm³/mol. The van der Waals surface area contributed by atoms with Crippen molar-refractivity contribution < 1.29 is 19.1 Å². The number of anilines is 1. The highest BCUT2D eigenvalue weighted by Crippen LogP contribution is 2.22. The standard InChI is InChI=1S/C25H31N3O4/c1-25(2,3)32-24(31)28-16-14-19(15-17-28)22(29)27-21(18-10-6-4-7-11-18)23(30)26-20-12-8-5-9-13-20/h4-13,19,21H,14-17H2,1-3H3,(H,26,30)(H,27,29). The van der Waals surface area contributed by atoms with Crippen molar-refractivity contribution in [2.24, 2.45) is 5.92 Å². The summed E-state index contributed by atoms with van der Waals surface area (Å²) in [6.45, 7) is 6.37. The quantitative estimate of drug-likeness (QED) is 0.736. The predicted octanol–water partition coefficient (Wildman–Crippen LogP) is 4.13. The van der Waals surface area contributed by atoms with Crippen molar-refractivity contribution in [2.75, 3.05) is 18.4 Å². The molecule has 1 fully saturated rings. The molecule has 3 amide bonds. The van der Waals surface area contributed by atoms with Crippen molar-refractivity contribution in [3.63, 3.8) is 0 Å². The van der Waals surface area contributed by atoms with Gasteiger partial charge in [-0.2, -0.15) is 0 Å². The second-order valence-electron chi connectivity index (χ2n) is 8.95. The zero-order chi connectivity index (χ0) is 23.1. The average molecular weight is 438 g/mol. The SMILES string of the molecule is CC(C)(C)OC(=O)N1CCC(C(=O)NC(C(=O)Nc2ccccc2)c2ccccc2)CC1. The first-order chi connectivity index (χ1) is 15.2. The van der Waals surface area contributed by atoms with Gasteiger partial charge in [0, 0.05) is 24.7 Å². The van der Waals surface area contributed by atoms with Crippen LogP contribution in [0.4, 0.5) is 10.5 Å². The zero-order valence-electron chi connectivity index (χ0n) is 18.8. The van der Waals surface area contributed by atoms with Gasteiger partial charge in [-0.05, 0) is 51.3 Å². The van der Waals surface area contributed by atoms with Crippen LogP contribution in [0.3, 0.4) is 0 Å². The van der Waals surface area contributed by atoms with E-state index in [1.165, 1.54) is 0 Å². The second-order valence-corrected chi connectivity index (χ2v) is 8.95. The normalized spacial score (nSPS) is 15.5. The summed E-state index contributed by atoms with van der Waals surface area (Å²) in [5, 5.41) is 5.79. The molecule has 1 atom stereocenters. The molecule has 0 bridgehead atoms. The Hall–Kier alpha value is -3.35. The Bertz CT molecular complexity index is 917. The zero-order valence-corrected chi connectivity index (χ0v) is 18.8. The van der Waals surface area contributed by atoms with Crippen LogP contribution in [0.5, 0.6) is 0 Å². The van der Waals surface area contributed by atoms with E-state index >= 15 is 0 Å². The first-order valence-corrected chi connectivity index (χ1v) is 10.9.